The Bertz CT molecular complexity index is 2400. The number of hydrogen-bond acceptors (Lipinski definition) is 9. The highest BCUT2D eigenvalue weighted by Crippen LogP contribution is 2.45. The Kier molecular flexibility index (Phi) is 16.3. The zero-order valence-corrected chi connectivity index (χ0v) is 40.6. The van der Waals surface area contributed by atoms with Gasteiger partial charge in [-0.05, 0) is 34.1 Å². The van der Waals surface area contributed by atoms with Gasteiger partial charge in [0, 0.05) is 131 Å². The third-order valence-corrected chi connectivity index (χ3v) is 13.5. The zero-order valence-electron chi connectivity index (χ0n) is 29.6. The molecule has 0 aliphatic heterocycles. The molecule has 5 rings (SSSR count). The highest BCUT2D eigenvalue weighted by atomic mass is 79.9. The Labute approximate surface area is 374 Å². The van der Waals surface area contributed by atoms with Gasteiger partial charge in [-0.3, -0.25) is 19.2 Å². The largest absolute Gasteiger partial charge is 0.366 e. The molecule has 0 spiro atoms. The van der Waals surface area contributed by atoms with Gasteiger partial charge in [-0.2, -0.15) is 0 Å². The topological polar surface area (TPSA) is 147 Å². The summed E-state index contributed by atoms with van der Waals surface area (Å²) in [6.45, 7) is 0. The fourth-order valence-corrected chi connectivity index (χ4v) is 10.7. The predicted molar refractivity (Wildman–Crippen MR) is 235 cm³/mol. The van der Waals surface area contributed by atoms with Crippen LogP contribution in [-0.4, -0.2) is 112 Å². The van der Waals surface area contributed by atoms with Crippen LogP contribution in [0.3, 0.4) is 0 Å². The summed E-state index contributed by atoms with van der Waals surface area (Å²) in [6, 6.07) is 5.46. The molecule has 0 unspecified atom stereocenters. The van der Waals surface area contributed by atoms with Crippen LogP contribution in [0.25, 0.3) is 21.5 Å². The molecule has 0 saturated carbocycles. The van der Waals surface area contributed by atoms with Crippen LogP contribution in [0.1, 0.15) is 38.7 Å². The summed E-state index contributed by atoms with van der Waals surface area (Å²) in [4.78, 5) is 90.1. The minimum absolute atomic E-state index is 0.0847. The van der Waals surface area contributed by atoms with E-state index in [-0.39, 0.29) is 35.9 Å². The first-order chi connectivity index (χ1) is 25.4. The third kappa shape index (κ3) is 9.72. The van der Waals surface area contributed by atoms with E-state index < -0.39 is 17.1 Å². The number of rotatable bonds is 4. The highest BCUT2D eigenvalue weighted by Gasteiger charge is 2.28. The van der Waals surface area contributed by atoms with Crippen molar-refractivity contribution in [1.82, 2.24) is 31.9 Å². The van der Waals surface area contributed by atoms with Crippen LogP contribution in [-0.2, 0) is 0 Å². The van der Waals surface area contributed by atoms with Crippen molar-refractivity contribution >= 4 is 178 Å². The Hall–Kier alpha value is -2.27. The van der Waals surface area contributed by atoms with E-state index in [2.05, 4.69) is 63.7 Å². The number of fused-ring (bicyclic) bond motifs is 2. The summed E-state index contributed by atoms with van der Waals surface area (Å²) in [5.41, 5.74) is -3.49. The minimum atomic E-state index is -1.16. The normalized spacial score (nSPS) is 10.7. The second-order valence-electron chi connectivity index (χ2n) is 11.7. The Balaban J connectivity index is 0.000000231. The zero-order chi connectivity index (χ0) is 42.1. The van der Waals surface area contributed by atoms with Gasteiger partial charge in [-0.25, -0.2) is 14.4 Å². The smallest absolute Gasteiger partial charge is 0.344 e. The first kappa shape index (κ1) is 47.1. The number of nitrogens with zero attached hydrogens (tertiary/aromatic N) is 7. The molecule has 0 saturated heterocycles. The molecule has 3 aromatic heterocycles. The fraction of sp³-hybridized carbons (Fsp3) is 0.258. The maximum absolute atomic E-state index is 12.5. The maximum Gasteiger partial charge on any atom is 0.366 e. The molecule has 0 bridgehead atoms. The van der Waals surface area contributed by atoms with Gasteiger partial charge in [0.2, 0.25) is 0 Å². The molecule has 24 heteroatoms. The summed E-state index contributed by atoms with van der Waals surface area (Å²) >= 11 is 37.8. The third-order valence-electron chi connectivity index (χ3n) is 7.00. The first-order valence-corrected chi connectivity index (χ1v) is 20.9. The van der Waals surface area contributed by atoms with E-state index in [1.54, 1.807) is 62.4 Å². The number of benzene rings is 2. The van der Waals surface area contributed by atoms with Crippen molar-refractivity contribution in [3.8, 4) is 0 Å². The molecule has 0 fully saturated rings. The molecule has 55 heavy (non-hydrogen) atoms. The van der Waals surface area contributed by atoms with Crippen LogP contribution in [0.15, 0.2) is 50.5 Å². The van der Waals surface area contributed by atoms with Gasteiger partial charge < -0.3 is 19.6 Å². The average molecular weight is 1140 g/mol. The van der Waals surface area contributed by atoms with E-state index >= 15 is 0 Å². The van der Waals surface area contributed by atoms with E-state index in [9.17, 15) is 33.6 Å². The van der Waals surface area contributed by atoms with Crippen molar-refractivity contribution in [2.45, 2.75) is 0 Å². The lowest BCUT2D eigenvalue weighted by Gasteiger charge is -2.10. The number of thiophene rings is 2. The van der Waals surface area contributed by atoms with Crippen LogP contribution < -0.4 is 17.1 Å². The molecule has 2 aromatic carbocycles. The van der Waals surface area contributed by atoms with E-state index in [0.29, 0.717) is 44.2 Å². The second-order valence-corrected chi connectivity index (χ2v) is 18.5. The van der Waals surface area contributed by atoms with Gasteiger partial charge >= 0.3 is 17.1 Å². The summed E-state index contributed by atoms with van der Waals surface area (Å²) < 4.78 is 3.17. The van der Waals surface area contributed by atoms with Crippen LogP contribution >= 0.6 is 133 Å². The number of halogens is 8. The SMILES string of the molecule is CN(C)C(=O)c1sc(C(=O)N(C)C)c2c(Br)c(Cl)cc(Br)c12.CN(C)C(=O)c1sc(C(=O)N(C)C)c2c(Br)ccc(Br)c12.O=c1n(Cl)c(=O)n(Cl)c(=O)n1Cl. The van der Waals surface area contributed by atoms with Crippen molar-refractivity contribution < 1.29 is 19.2 Å². The maximum atomic E-state index is 12.5. The number of amides is 4. The van der Waals surface area contributed by atoms with E-state index in [1.165, 1.54) is 42.3 Å². The molecule has 0 aliphatic carbocycles. The number of carbonyl (C=O) groups is 4. The summed E-state index contributed by atoms with van der Waals surface area (Å²) in [5, 5.41) is 3.39. The molecular formula is C31H27Br4Cl4N7O7S2. The number of carbonyl (C=O) groups excluding carboxylic acids is 4. The van der Waals surface area contributed by atoms with Gasteiger partial charge in [0.05, 0.1) is 5.02 Å². The first-order valence-electron chi connectivity index (χ1n) is 14.7. The quantitative estimate of drug-likeness (QED) is 0.170. The van der Waals surface area contributed by atoms with Crippen LogP contribution in [0.4, 0.5) is 0 Å². The van der Waals surface area contributed by atoms with Crippen LogP contribution in [0.2, 0.25) is 5.02 Å². The fourth-order valence-electron chi connectivity index (χ4n) is 4.33. The van der Waals surface area contributed by atoms with Crippen molar-refractivity contribution in [3.63, 3.8) is 0 Å². The lowest BCUT2D eigenvalue weighted by Crippen LogP contribution is -2.47. The van der Waals surface area contributed by atoms with Crippen molar-refractivity contribution in [3.05, 3.63) is 92.1 Å². The van der Waals surface area contributed by atoms with E-state index in [1.807, 2.05) is 12.1 Å². The van der Waals surface area contributed by atoms with Gasteiger partial charge in [-0.1, -0.05) is 59.4 Å². The molecule has 4 amide bonds. The Morgan fingerprint density at radius 2 is 0.764 bits per heavy atom. The highest BCUT2D eigenvalue weighted by molar-refractivity contribution is 9.11. The lowest BCUT2D eigenvalue weighted by molar-refractivity contribution is 0.0824. The molecule has 296 valence electrons. The molecule has 14 nitrogen and oxygen atoms in total. The van der Waals surface area contributed by atoms with Crippen molar-refractivity contribution in [2.75, 3.05) is 56.4 Å². The van der Waals surface area contributed by atoms with Gasteiger partial charge in [0.25, 0.3) is 23.6 Å². The summed E-state index contributed by atoms with van der Waals surface area (Å²) in [7, 11) is 13.5. The van der Waals surface area contributed by atoms with E-state index in [0.717, 1.165) is 19.7 Å². The van der Waals surface area contributed by atoms with Gasteiger partial charge in [0.15, 0.2) is 0 Å². The average Bonchev–Trinajstić information content (AvgIpc) is 3.73. The van der Waals surface area contributed by atoms with Gasteiger partial charge in [-0.15, -0.1) is 34.9 Å². The van der Waals surface area contributed by atoms with Crippen molar-refractivity contribution in [1.29, 1.82) is 0 Å². The molecule has 5 aromatic rings. The van der Waals surface area contributed by atoms with Gasteiger partial charge in [0.1, 0.15) is 19.5 Å². The monoisotopic (exact) mass is 1130 g/mol. The minimum Gasteiger partial charge on any atom is -0.344 e. The Morgan fingerprint density at radius 3 is 1.04 bits per heavy atom. The Morgan fingerprint density at radius 1 is 0.509 bits per heavy atom. The van der Waals surface area contributed by atoms with E-state index in [4.69, 9.17) is 46.9 Å². The predicted octanol–water partition coefficient (Wildman–Crippen LogP) is 7.49. The standard InChI is InChI=1S/C14H13Br2ClN2O2S.C14H14Br2N2O2S.C3Cl3N3O3/c1-18(2)13(20)11-8-6(15)5-7(17)10(16)9(8)12(22-11)14(21)19(3)4;1-17(2)13(19)11-9-7(15)5-6-8(16)10(9)12(21-11)14(20)18(3)4;4-7-1(10)8(5)3(12)9(6)2(7)11/h5H,1-4H3;5-6H,1-4H3;. The lowest BCUT2D eigenvalue weighted by atomic mass is 10.1. The molecule has 0 atom stereocenters. The molecule has 0 radical (unpaired) electrons. The molecule has 0 aliphatic rings. The molecular weight excluding hydrogens is 1110 g/mol. The number of aromatic nitrogens is 3. The summed E-state index contributed by atoms with van der Waals surface area (Å²) in [5.74, 6) is -0.534. The molecule has 3 heterocycles. The van der Waals surface area contributed by atoms with Crippen LogP contribution in [0.5, 0.6) is 0 Å². The van der Waals surface area contributed by atoms with Crippen LogP contribution in [0, 0.1) is 0 Å². The molecule has 0 N–H and O–H groups in total. The summed E-state index contributed by atoms with van der Waals surface area (Å²) in [6.07, 6.45) is 0. The number of hydrogen-bond donors (Lipinski definition) is 0. The second kappa shape index (κ2) is 19.0. The van der Waals surface area contributed by atoms with Crippen molar-refractivity contribution in [2.24, 2.45) is 0 Å².